The summed E-state index contributed by atoms with van der Waals surface area (Å²) < 4.78 is 0. The highest BCUT2D eigenvalue weighted by atomic mass is 14.6. The fourth-order valence-corrected chi connectivity index (χ4v) is 4.38. The summed E-state index contributed by atoms with van der Waals surface area (Å²) in [5.74, 6) is 3.78. The molecular formula is C16H28. The van der Waals surface area contributed by atoms with Crippen molar-refractivity contribution in [2.24, 2.45) is 29.1 Å². The maximum Gasteiger partial charge on any atom is -0.00570 e. The average molecular weight is 220 g/mol. The van der Waals surface area contributed by atoms with Gasteiger partial charge in [0.2, 0.25) is 0 Å². The summed E-state index contributed by atoms with van der Waals surface area (Å²) in [7, 11) is 0. The van der Waals surface area contributed by atoms with Gasteiger partial charge < -0.3 is 0 Å². The molecule has 5 unspecified atom stereocenters. The number of allylic oxidation sites excluding steroid dienone is 2. The van der Waals surface area contributed by atoms with Gasteiger partial charge in [-0.15, -0.1) is 0 Å². The van der Waals surface area contributed by atoms with Gasteiger partial charge in [0, 0.05) is 0 Å². The van der Waals surface area contributed by atoms with Gasteiger partial charge >= 0.3 is 0 Å². The lowest BCUT2D eigenvalue weighted by molar-refractivity contribution is 0.136. The van der Waals surface area contributed by atoms with Crippen molar-refractivity contribution >= 4 is 0 Å². The molecule has 2 aliphatic carbocycles. The van der Waals surface area contributed by atoms with E-state index in [1.54, 1.807) is 11.1 Å². The second-order valence-electron chi connectivity index (χ2n) is 6.68. The lowest BCUT2D eigenvalue weighted by Gasteiger charge is -2.40. The first-order valence-corrected chi connectivity index (χ1v) is 7.09. The van der Waals surface area contributed by atoms with Crippen molar-refractivity contribution in [3.8, 4) is 0 Å². The van der Waals surface area contributed by atoms with Crippen LogP contribution < -0.4 is 0 Å². The van der Waals surface area contributed by atoms with E-state index in [1.165, 1.54) is 19.3 Å². The zero-order chi connectivity index (χ0) is 12.1. The van der Waals surface area contributed by atoms with E-state index in [4.69, 9.17) is 0 Å². The third kappa shape index (κ3) is 1.57. The second kappa shape index (κ2) is 3.89. The maximum atomic E-state index is 2.54. The fraction of sp³-hybridized carbons (Fsp3) is 0.875. The second-order valence-corrected chi connectivity index (χ2v) is 6.68. The molecule has 0 bridgehead atoms. The highest BCUT2D eigenvalue weighted by Crippen LogP contribution is 2.60. The maximum absolute atomic E-state index is 2.54. The normalized spacial score (nSPS) is 45.0. The van der Waals surface area contributed by atoms with Gasteiger partial charge in [-0.3, -0.25) is 0 Å². The fourth-order valence-electron chi connectivity index (χ4n) is 4.38. The molecule has 2 aliphatic rings. The molecule has 5 atom stereocenters. The summed E-state index contributed by atoms with van der Waals surface area (Å²) >= 11 is 0. The third-order valence-electron chi connectivity index (χ3n) is 5.98. The zero-order valence-corrected chi connectivity index (χ0v) is 11.9. The van der Waals surface area contributed by atoms with Crippen molar-refractivity contribution < 1.29 is 0 Å². The predicted molar refractivity (Wildman–Crippen MR) is 71.3 cm³/mol. The summed E-state index contributed by atoms with van der Waals surface area (Å²) in [4.78, 5) is 0. The molecule has 0 heterocycles. The Labute approximate surface area is 102 Å². The van der Waals surface area contributed by atoms with E-state index in [2.05, 4.69) is 41.5 Å². The first kappa shape index (κ1) is 12.2. The quantitative estimate of drug-likeness (QED) is 0.584. The third-order valence-corrected chi connectivity index (χ3v) is 5.98. The van der Waals surface area contributed by atoms with E-state index >= 15 is 0 Å². The van der Waals surface area contributed by atoms with Gasteiger partial charge in [0.05, 0.1) is 0 Å². The van der Waals surface area contributed by atoms with Crippen LogP contribution in [0.15, 0.2) is 11.1 Å². The molecule has 16 heavy (non-hydrogen) atoms. The van der Waals surface area contributed by atoms with Crippen LogP contribution in [-0.4, -0.2) is 0 Å². The van der Waals surface area contributed by atoms with Crippen LogP contribution in [0.3, 0.4) is 0 Å². The van der Waals surface area contributed by atoms with E-state index in [1.807, 2.05) is 0 Å². The van der Waals surface area contributed by atoms with Crippen molar-refractivity contribution in [1.29, 1.82) is 0 Å². The number of hydrogen-bond donors (Lipinski definition) is 0. The Bertz CT molecular complexity index is 312. The van der Waals surface area contributed by atoms with Crippen molar-refractivity contribution in [3.63, 3.8) is 0 Å². The lowest BCUT2D eigenvalue weighted by atomic mass is 9.64. The van der Waals surface area contributed by atoms with E-state index < -0.39 is 0 Å². The molecule has 0 aromatic carbocycles. The largest absolute Gasteiger partial charge is 0.0735 e. The molecule has 1 fully saturated rings. The molecule has 0 heteroatoms. The van der Waals surface area contributed by atoms with Gasteiger partial charge in [-0.2, -0.15) is 0 Å². The topological polar surface area (TPSA) is 0 Å². The van der Waals surface area contributed by atoms with Crippen LogP contribution in [0.4, 0.5) is 0 Å². The molecule has 0 radical (unpaired) electrons. The van der Waals surface area contributed by atoms with Crippen LogP contribution in [-0.2, 0) is 0 Å². The monoisotopic (exact) mass is 220 g/mol. The minimum atomic E-state index is 0.494. The van der Waals surface area contributed by atoms with Gasteiger partial charge in [-0.05, 0) is 55.8 Å². The molecule has 92 valence electrons. The Morgan fingerprint density at radius 3 is 2.19 bits per heavy atom. The summed E-state index contributed by atoms with van der Waals surface area (Å²) in [5.41, 5.74) is 3.88. The lowest BCUT2D eigenvalue weighted by Crippen LogP contribution is -2.33. The van der Waals surface area contributed by atoms with Crippen molar-refractivity contribution in [1.82, 2.24) is 0 Å². The SMILES string of the molecule is CCC(C1CC1C)C1(C)C(C)=C(C)CC1C. The Kier molecular flexibility index (Phi) is 2.97. The highest BCUT2D eigenvalue weighted by Gasteiger charge is 2.52. The van der Waals surface area contributed by atoms with Gasteiger partial charge in [0.15, 0.2) is 0 Å². The molecule has 0 spiro atoms. The predicted octanol–water partition coefficient (Wildman–Crippen LogP) is 5.05. The Balaban J connectivity index is 2.29. The first-order valence-electron chi connectivity index (χ1n) is 7.09. The zero-order valence-electron chi connectivity index (χ0n) is 11.9. The van der Waals surface area contributed by atoms with Crippen LogP contribution in [0.1, 0.15) is 60.8 Å². The molecule has 0 saturated heterocycles. The van der Waals surface area contributed by atoms with Crippen LogP contribution in [0.2, 0.25) is 0 Å². The standard InChI is InChI=1S/C16H28/c1-7-15(14-9-11(14)3)16(6)12(4)8-10(2)13(16)5/h11-12,14-15H,7-9H2,1-6H3. The highest BCUT2D eigenvalue weighted by molar-refractivity contribution is 5.28. The summed E-state index contributed by atoms with van der Waals surface area (Å²) in [5, 5.41) is 0. The molecule has 1 saturated carbocycles. The molecule has 0 aromatic rings. The Morgan fingerprint density at radius 1 is 1.31 bits per heavy atom. The molecule has 0 amide bonds. The Morgan fingerprint density at radius 2 is 1.88 bits per heavy atom. The van der Waals surface area contributed by atoms with E-state index in [0.717, 1.165) is 23.7 Å². The summed E-state index contributed by atoms with van der Waals surface area (Å²) in [6, 6.07) is 0. The van der Waals surface area contributed by atoms with E-state index in [9.17, 15) is 0 Å². The molecule has 0 aromatic heterocycles. The van der Waals surface area contributed by atoms with Crippen LogP contribution >= 0.6 is 0 Å². The van der Waals surface area contributed by atoms with Crippen LogP contribution in [0, 0.1) is 29.1 Å². The minimum Gasteiger partial charge on any atom is -0.0735 e. The van der Waals surface area contributed by atoms with Gasteiger partial charge in [-0.1, -0.05) is 45.3 Å². The van der Waals surface area contributed by atoms with E-state index in [0.29, 0.717) is 5.41 Å². The van der Waals surface area contributed by atoms with E-state index in [-0.39, 0.29) is 0 Å². The Hall–Kier alpha value is -0.260. The molecule has 0 nitrogen and oxygen atoms in total. The number of rotatable bonds is 3. The van der Waals surface area contributed by atoms with Gasteiger partial charge in [0.1, 0.15) is 0 Å². The first-order chi connectivity index (χ1) is 7.42. The van der Waals surface area contributed by atoms with Crippen LogP contribution in [0.25, 0.3) is 0 Å². The van der Waals surface area contributed by atoms with Gasteiger partial charge in [0.25, 0.3) is 0 Å². The minimum absolute atomic E-state index is 0.494. The molecule has 0 N–H and O–H groups in total. The van der Waals surface area contributed by atoms with Crippen LogP contribution in [0.5, 0.6) is 0 Å². The number of hydrogen-bond acceptors (Lipinski definition) is 0. The average Bonchev–Trinajstić information content (AvgIpc) is 2.89. The van der Waals surface area contributed by atoms with Crippen molar-refractivity contribution in [3.05, 3.63) is 11.1 Å². The van der Waals surface area contributed by atoms with Gasteiger partial charge in [-0.25, -0.2) is 0 Å². The molecular weight excluding hydrogens is 192 g/mol. The summed E-state index contributed by atoms with van der Waals surface area (Å²) in [6.07, 6.45) is 4.17. The van der Waals surface area contributed by atoms with Crippen molar-refractivity contribution in [2.75, 3.05) is 0 Å². The molecule has 0 aliphatic heterocycles. The summed E-state index contributed by atoms with van der Waals surface area (Å²) in [6.45, 7) is 14.6. The van der Waals surface area contributed by atoms with Crippen molar-refractivity contribution in [2.45, 2.75) is 60.8 Å². The smallest absolute Gasteiger partial charge is 0.00570 e. The molecule has 2 rings (SSSR count).